The van der Waals surface area contributed by atoms with Crippen LogP contribution in [-0.4, -0.2) is 32.6 Å². The van der Waals surface area contributed by atoms with E-state index in [4.69, 9.17) is 9.47 Å². The Morgan fingerprint density at radius 3 is 1.93 bits per heavy atom. The van der Waals surface area contributed by atoms with Crippen molar-refractivity contribution in [3.63, 3.8) is 0 Å². The highest BCUT2D eigenvalue weighted by molar-refractivity contribution is 6.05. The second-order valence-electron chi connectivity index (χ2n) is 6.33. The minimum atomic E-state index is -0.268. The van der Waals surface area contributed by atoms with Crippen molar-refractivity contribution in [2.24, 2.45) is 0 Å². The highest BCUT2D eigenvalue weighted by atomic mass is 16.5. The number of ether oxygens (including phenoxy) is 2. The topological polar surface area (TPSA) is 88.7 Å². The first-order chi connectivity index (χ1) is 14.6. The van der Waals surface area contributed by atoms with Crippen LogP contribution in [0.15, 0.2) is 72.8 Å². The first-order valence-corrected chi connectivity index (χ1v) is 9.32. The summed E-state index contributed by atoms with van der Waals surface area (Å²) in [7, 11) is 3.12. The molecule has 3 N–H and O–H groups in total. The molecule has 0 aliphatic rings. The molecule has 0 aliphatic carbocycles. The summed E-state index contributed by atoms with van der Waals surface area (Å²) in [6, 6.07) is 21.2. The van der Waals surface area contributed by atoms with Gasteiger partial charge in [0.25, 0.3) is 5.91 Å². The Morgan fingerprint density at radius 2 is 1.30 bits per heavy atom. The van der Waals surface area contributed by atoms with Gasteiger partial charge in [0.05, 0.1) is 32.1 Å². The summed E-state index contributed by atoms with van der Waals surface area (Å²) in [6.45, 7) is 0.0798. The quantitative estimate of drug-likeness (QED) is 0.527. The van der Waals surface area contributed by atoms with Crippen LogP contribution in [0.4, 0.5) is 17.1 Å². The summed E-state index contributed by atoms with van der Waals surface area (Å²) in [5.74, 6) is 0.760. The minimum absolute atomic E-state index is 0.0798. The zero-order valence-corrected chi connectivity index (χ0v) is 16.8. The van der Waals surface area contributed by atoms with Crippen LogP contribution in [0.2, 0.25) is 0 Å². The first kappa shape index (κ1) is 20.7. The van der Waals surface area contributed by atoms with Gasteiger partial charge in [0, 0.05) is 11.3 Å². The molecule has 7 heteroatoms. The van der Waals surface area contributed by atoms with E-state index in [0.29, 0.717) is 28.4 Å². The van der Waals surface area contributed by atoms with Crippen molar-refractivity contribution >= 4 is 28.9 Å². The van der Waals surface area contributed by atoms with Gasteiger partial charge >= 0.3 is 0 Å². The van der Waals surface area contributed by atoms with Crippen molar-refractivity contribution in [1.82, 2.24) is 0 Å². The number of amides is 2. The van der Waals surface area contributed by atoms with Gasteiger partial charge in [-0.15, -0.1) is 0 Å². The van der Waals surface area contributed by atoms with Gasteiger partial charge in [-0.05, 0) is 48.5 Å². The molecule has 3 aromatic carbocycles. The molecule has 0 saturated carbocycles. The second-order valence-corrected chi connectivity index (χ2v) is 6.33. The van der Waals surface area contributed by atoms with Crippen LogP contribution in [0.5, 0.6) is 11.5 Å². The van der Waals surface area contributed by atoms with E-state index in [1.807, 2.05) is 36.4 Å². The molecular formula is C23H23N3O4. The average molecular weight is 405 g/mol. The van der Waals surface area contributed by atoms with E-state index in [2.05, 4.69) is 16.0 Å². The van der Waals surface area contributed by atoms with Crippen LogP contribution in [0.1, 0.15) is 10.4 Å². The maximum absolute atomic E-state index is 12.5. The highest BCUT2D eigenvalue weighted by Gasteiger charge is 2.10. The van der Waals surface area contributed by atoms with Crippen molar-refractivity contribution in [2.45, 2.75) is 0 Å². The number of nitrogens with one attached hydrogen (secondary N) is 3. The van der Waals surface area contributed by atoms with E-state index in [-0.39, 0.29) is 18.4 Å². The molecule has 30 heavy (non-hydrogen) atoms. The molecule has 0 atom stereocenters. The van der Waals surface area contributed by atoms with Gasteiger partial charge in [0.15, 0.2) is 0 Å². The van der Waals surface area contributed by atoms with Crippen LogP contribution in [-0.2, 0) is 4.79 Å². The molecule has 0 aliphatic heterocycles. The van der Waals surface area contributed by atoms with E-state index < -0.39 is 0 Å². The van der Waals surface area contributed by atoms with Crippen molar-refractivity contribution in [3.05, 3.63) is 78.4 Å². The average Bonchev–Trinajstić information content (AvgIpc) is 2.78. The maximum atomic E-state index is 12.5. The largest absolute Gasteiger partial charge is 0.495 e. The Hall–Kier alpha value is -4.00. The van der Waals surface area contributed by atoms with Crippen LogP contribution in [0, 0.1) is 0 Å². The Balaban J connectivity index is 1.56. The lowest BCUT2D eigenvalue weighted by molar-refractivity contribution is -0.114. The standard InChI is InChI=1S/C23H23N3O4/c1-29-20-9-5-3-7-18(20)24-15-22(27)25-17-13-11-16(12-14-17)23(28)26-19-8-4-6-10-21(19)30-2/h3-14,24H,15H2,1-2H3,(H,25,27)(H,26,28). The summed E-state index contributed by atoms with van der Waals surface area (Å²) in [5.41, 5.74) is 2.38. The number of hydrogen-bond acceptors (Lipinski definition) is 5. The molecule has 154 valence electrons. The van der Waals surface area contributed by atoms with Crippen LogP contribution in [0.3, 0.4) is 0 Å². The summed E-state index contributed by atoms with van der Waals surface area (Å²) >= 11 is 0. The van der Waals surface area contributed by atoms with E-state index in [0.717, 1.165) is 5.69 Å². The number of para-hydroxylation sites is 4. The summed E-state index contributed by atoms with van der Waals surface area (Å²) in [5, 5.41) is 8.64. The summed E-state index contributed by atoms with van der Waals surface area (Å²) in [6.07, 6.45) is 0. The molecule has 0 radical (unpaired) electrons. The molecule has 0 saturated heterocycles. The maximum Gasteiger partial charge on any atom is 0.255 e. The minimum Gasteiger partial charge on any atom is -0.495 e. The molecule has 0 spiro atoms. The molecule has 0 aromatic heterocycles. The Morgan fingerprint density at radius 1 is 0.733 bits per heavy atom. The van der Waals surface area contributed by atoms with Gasteiger partial charge in [-0.1, -0.05) is 24.3 Å². The zero-order valence-electron chi connectivity index (χ0n) is 16.8. The van der Waals surface area contributed by atoms with Gasteiger partial charge in [-0.2, -0.15) is 0 Å². The second kappa shape index (κ2) is 9.97. The Kier molecular flexibility index (Phi) is 6.89. The SMILES string of the molecule is COc1ccccc1NCC(=O)Nc1ccc(C(=O)Nc2ccccc2OC)cc1. The van der Waals surface area contributed by atoms with Gasteiger partial charge in [0.1, 0.15) is 11.5 Å². The third-order valence-corrected chi connectivity index (χ3v) is 4.33. The lowest BCUT2D eigenvalue weighted by Gasteiger charge is -2.12. The van der Waals surface area contributed by atoms with Crippen molar-refractivity contribution in [2.75, 3.05) is 36.7 Å². The van der Waals surface area contributed by atoms with Gasteiger partial charge in [-0.3, -0.25) is 9.59 Å². The van der Waals surface area contributed by atoms with E-state index >= 15 is 0 Å². The molecule has 0 bridgehead atoms. The molecule has 3 rings (SSSR count). The normalized spacial score (nSPS) is 10.1. The van der Waals surface area contributed by atoms with Gasteiger partial charge in [-0.25, -0.2) is 0 Å². The number of methoxy groups -OCH3 is 2. The Labute approximate surface area is 175 Å². The Bertz CT molecular complexity index is 1020. The fourth-order valence-electron chi connectivity index (χ4n) is 2.82. The van der Waals surface area contributed by atoms with Crippen LogP contribution in [0.25, 0.3) is 0 Å². The highest BCUT2D eigenvalue weighted by Crippen LogP contribution is 2.24. The number of carbonyl (C=O) groups excluding carboxylic acids is 2. The monoisotopic (exact) mass is 405 g/mol. The third kappa shape index (κ3) is 5.29. The third-order valence-electron chi connectivity index (χ3n) is 4.33. The van der Waals surface area contributed by atoms with Crippen molar-refractivity contribution < 1.29 is 19.1 Å². The predicted molar refractivity (Wildman–Crippen MR) is 118 cm³/mol. The van der Waals surface area contributed by atoms with Crippen LogP contribution >= 0.6 is 0 Å². The molecule has 7 nitrogen and oxygen atoms in total. The number of benzene rings is 3. The lowest BCUT2D eigenvalue weighted by Crippen LogP contribution is -2.22. The number of anilines is 3. The summed E-state index contributed by atoms with van der Waals surface area (Å²) < 4.78 is 10.5. The molecule has 3 aromatic rings. The molecule has 0 fully saturated rings. The lowest BCUT2D eigenvalue weighted by atomic mass is 10.2. The molecule has 0 heterocycles. The summed E-state index contributed by atoms with van der Waals surface area (Å²) in [4.78, 5) is 24.7. The predicted octanol–water partition coefficient (Wildman–Crippen LogP) is 4.01. The van der Waals surface area contributed by atoms with Gasteiger partial charge < -0.3 is 25.4 Å². The number of hydrogen-bond donors (Lipinski definition) is 3. The van der Waals surface area contributed by atoms with E-state index in [1.165, 1.54) is 0 Å². The fourth-order valence-corrected chi connectivity index (χ4v) is 2.82. The number of carbonyl (C=O) groups is 2. The molecule has 2 amide bonds. The van der Waals surface area contributed by atoms with E-state index in [9.17, 15) is 9.59 Å². The smallest absolute Gasteiger partial charge is 0.255 e. The van der Waals surface area contributed by atoms with E-state index in [1.54, 1.807) is 50.6 Å². The van der Waals surface area contributed by atoms with Gasteiger partial charge in [0.2, 0.25) is 5.91 Å². The molecule has 0 unspecified atom stereocenters. The van der Waals surface area contributed by atoms with Crippen molar-refractivity contribution in [1.29, 1.82) is 0 Å². The van der Waals surface area contributed by atoms with Crippen LogP contribution < -0.4 is 25.4 Å². The number of rotatable bonds is 8. The zero-order chi connectivity index (χ0) is 21.3. The first-order valence-electron chi connectivity index (χ1n) is 9.32. The van der Waals surface area contributed by atoms with Crippen molar-refractivity contribution in [3.8, 4) is 11.5 Å². The fraction of sp³-hybridized carbons (Fsp3) is 0.130. The molecular weight excluding hydrogens is 382 g/mol.